The number of amides is 1. The lowest BCUT2D eigenvalue weighted by atomic mass is 10.3. The van der Waals surface area contributed by atoms with Crippen LogP contribution in [0.15, 0.2) is 0 Å². The SMILES string of the molecule is CCOCCCN(CCC(=O)OC)C(=O)CC. The molecule has 5 nitrogen and oxygen atoms in total. The Morgan fingerprint density at radius 1 is 1.18 bits per heavy atom. The summed E-state index contributed by atoms with van der Waals surface area (Å²) in [6.07, 6.45) is 1.49. The number of methoxy groups -OCH3 is 1. The molecule has 0 aromatic heterocycles. The van der Waals surface area contributed by atoms with Gasteiger partial charge in [-0.2, -0.15) is 0 Å². The van der Waals surface area contributed by atoms with Gasteiger partial charge in [0.05, 0.1) is 13.5 Å². The fourth-order valence-electron chi connectivity index (χ4n) is 1.41. The maximum absolute atomic E-state index is 11.6. The quantitative estimate of drug-likeness (QED) is 0.452. The molecule has 0 unspecified atom stereocenters. The van der Waals surface area contributed by atoms with E-state index in [-0.39, 0.29) is 18.3 Å². The van der Waals surface area contributed by atoms with Gasteiger partial charge in [0.1, 0.15) is 0 Å². The largest absolute Gasteiger partial charge is 0.469 e. The summed E-state index contributed by atoms with van der Waals surface area (Å²) in [4.78, 5) is 24.3. The predicted molar refractivity (Wildman–Crippen MR) is 64.6 cm³/mol. The molecule has 0 aliphatic carbocycles. The molecule has 100 valence electrons. The molecule has 0 aromatic rings. The van der Waals surface area contributed by atoms with Crippen LogP contribution in [0.25, 0.3) is 0 Å². The molecular formula is C12H23NO4. The first-order chi connectivity index (χ1) is 8.15. The highest BCUT2D eigenvalue weighted by molar-refractivity contribution is 5.76. The number of ether oxygens (including phenoxy) is 2. The summed E-state index contributed by atoms with van der Waals surface area (Å²) in [6.45, 7) is 6.13. The van der Waals surface area contributed by atoms with Crippen molar-refractivity contribution >= 4 is 11.9 Å². The number of esters is 1. The highest BCUT2D eigenvalue weighted by Gasteiger charge is 2.12. The van der Waals surface area contributed by atoms with E-state index in [0.29, 0.717) is 32.7 Å². The lowest BCUT2D eigenvalue weighted by Gasteiger charge is -2.21. The molecule has 0 saturated carbocycles. The zero-order valence-electron chi connectivity index (χ0n) is 11.0. The van der Waals surface area contributed by atoms with Gasteiger partial charge in [0, 0.05) is 32.7 Å². The van der Waals surface area contributed by atoms with E-state index in [2.05, 4.69) is 4.74 Å². The van der Waals surface area contributed by atoms with Gasteiger partial charge in [0.25, 0.3) is 0 Å². The first-order valence-electron chi connectivity index (χ1n) is 6.08. The second-order valence-electron chi connectivity index (χ2n) is 3.61. The van der Waals surface area contributed by atoms with Crippen LogP contribution in [0.4, 0.5) is 0 Å². The van der Waals surface area contributed by atoms with Crippen LogP contribution in [-0.4, -0.2) is 50.2 Å². The Morgan fingerprint density at radius 3 is 2.41 bits per heavy atom. The Balaban J connectivity index is 3.97. The van der Waals surface area contributed by atoms with Crippen molar-refractivity contribution in [3.63, 3.8) is 0 Å². The van der Waals surface area contributed by atoms with Crippen LogP contribution in [0.5, 0.6) is 0 Å². The number of carbonyl (C=O) groups is 2. The molecule has 0 atom stereocenters. The van der Waals surface area contributed by atoms with Crippen LogP contribution in [0.3, 0.4) is 0 Å². The van der Waals surface area contributed by atoms with Crippen LogP contribution in [0.1, 0.15) is 33.1 Å². The van der Waals surface area contributed by atoms with E-state index in [0.717, 1.165) is 6.42 Å². The number of carbonyl (C=O) groups excluding carboxylic acids is 2. The summed E-state index contributed by atoms with van der Waals surface area (Å²) >= 11 is 0. The van der Waals surface area contributed by atoms with Gasteiger partial charge in [-0.25, -0.2) is 0 Å². The lowest BCUT2D eigenvalue weighted by Crippen LogP contribution is -2.34. The van der Waals surface area contributed by atoms with Crippen LogP contribution in [0, 0.1) is 0 Å². The van der Waals surface area contributed by atoms with E-state index in [4.69, 9.17) is 4.74 Å². The maximum atomic E-state index is 11.6. The molecule has 0 N–H and O–H groups in total. The molecule has 0 rings (SSSR count). The average molecular weight is 245 g/mol. The van der Waals surface area contributed by atoms with E-state index in [1.807, 2.05) is 13.8 Å². The van der Waals surface area contributed by atoms with Crippen molar-refractivity contribution < 1.29 is 19.1 Å². The summed E-state index contributed by atoms with van der Waals surface area (Å²) in [6, 6.07) is 0. The first-order valence-corrected chi connectivity index (χ1v) is 6.08. The minimum Gasteiger partial charge on any atom is -0.469 e. The summed E-state index contributed by atoms with van der Waals surface area (Å²) in [5.74, 6) is -0.228. The van der Waals surface area contributed by atoms with Gasteiger partial charge in [-0.1, -0.05) is 6.92 Å². The Labute approximate surface area is 103 Å². The van der Waals surface area contributed by atoms with Crippen LogP contribution in [0.2, 0.25) is 0 Å². The molecule has 5 heteroatoms. The molecule has 17 heavy (non-hydrogen) atoms. The van der Waals surface area contributed by atoms with Gasteiger partial charge in [-0.15, -0.1) is 0 Å². The Kier molecular flexibility index (Phi) is 9.43. The summed E-state index contributed by atoms with van der Waals surface area (Å²) in [7, 11) is 1.35. The predicted octanol–water partition coefficient (Wildman–Crippen LogP) is 1.21. The van der Waals surface area contributed by atoms with Gasteiger partial charge >= 0.3 is 5.97 Å². The molecular weight excluding hydrogens is 222 g/mol. The highest BCUT2D eigenvalue weighted by atomic mass is 16.5. The van der Waals surface area contributed by atoms with Crippen molar-refractivity contribution in [1.29, 1.82) is 0 Å². The van der Waals surface area contributed by atoms with E-state index in [1.54, 1.807) is 4.90 Å². The van der Waals surface area contributed by atoms with Crippen LogP contribution >= 0.6 is 0 Å². The van der Waals surface area contributed by atoms with Crippen molar-refractivity contribution in [2.24, 2.45) is 0 Å². The Bertz CT molecular complexity index is 231. The van der Waals surface area contributed by atoms with Crippen LogP contribution in [-0.2, 0) is 19.1 Å². The number of nitrogens with zero attached hydrogens (tertiary/aromatic N) is 1. The molecule has 0 saturated heterocycles. The zero-order chi connectivity index (χ0) is 13.1. The van der Waals surface area contributed by atoms with Gasteiger partial charge in [-0.05, 0) is 13.3 Å². The standard InChI is InChI=1S/C12H23NO4/c1-4-11(14)13(8-6-10-17-5-2)9-7-12(15)16-3/h4-10H2,1-3H3. The minimum absolute atomic E-state index is 0.0606. The minimum atomic E-state index is -0.288. The normalized spacial score (nSPS) is 10.1. The van der Waals surface area contributed by atoms with Gasteiger partial charge < -0.3 is 14.4 Å². The monoisotopic (exact) mass is 245 g/mol. The molecule has 0 heterocycles. The Morgan fingerprint density at radius 2 is 1.88 bits per heavy atom. The third-order valence-electron chi connectivity index (χ3n) is 2.39. The summed E-state index contributed by atoms with van der Waals surface area (Å²) in [5.41, 5.74) is 0. The molecule has 0 bridgehead atoms. The smallest absolute Gasteiger partial charge is 0.307 e. The fourth-order valence-corrected chi connectivity index (χ4v) is 1.41. The second kappa shape index (κ2) is 10.1. The highest BCUT2D eigenvalue weighted by Crippen LogP contribution is 2.00. The van der Waals surface area contributed by atoms with Crippen molar-refractivity contribution in [2.45, 2.75) is 33.1 Å². The maximum Gasteiger partial charge on any atom is 0.307 e. The number of rotatable bonds is 9. The zero-order valence-corrected chi connectivity index (χ0v) is 11.0. The molecule has 0 spiro atoms. The Hall–Kier alpha value is -1.10. The first kappa shape index (κ1) is 15.9. The molecule has 0 aliphatic rings. The van der Waals surface area contributed by atoms with E-state index < -0.39 is 0 Å². The third kappa shape index (κ3) is 7.74. The average Bonchev–Trinajstić information content (AvgIpc) is 2.36. The van der Waals surface area contributed by atoms with E-state index >= 15 is 0 Å². The van der Waals surface area contributed by atoms with Gasteiger partial charge in [-0.3, -0.25) is 9.59 Å². The molecule has 0 aromatic carbocycles. The second-order valence-corrected chi connectivity index (χ2v) is 3.61. The van der Waals surface area contributed by atoms with Gasteiger partial charge in [0.15, 0.2) is 0 Å². The summed E-state index contributed by atoms with van der Waals surface area (Å²) in [5, 5.41) is 0. The van der Waals surface area contributed by atoms with Crippen LogP contribution < -0.4 is 0 Å². The van der Waals surface area contributed by atoms with Gasteiger partial charge in [0.2, 0.25) is 5.91 Å². The fraction of sp³-hybridized carbons (Fsp3) is 0.833. The third-order valence-corrected chi connectivity index (χ3v) is 2.39. The van der Waals surface area contributed by atoms with Crippen molar-refractivity contribution in [3.05, 3.63) is 0 Å². The van der Waals surface area contributed by atoms with E-state index in [9.17, 15) is 9.59 Å². The number of hydrogen-bond acceptors (Lipinski definition) is 4. The number of hydrogen-bond donors (Lipinski definition) is 0. The molecule has 0 aliphatic heterocycles. The molecule has 0 radical (unpaired) electrons. The molecule has 1 amide bonds. The molecule has 0 fully saturated rings. The summed E-state index contributed by atoms with van der Waals surface area (Å²) < 4.78 is 9.77. The van der Waals surface area contributed by atoms with Crippen molar-refractivity contribution in [3.8, 4) is 0 Å². The van der Waals surface area contributed by atoms with Crippen molar-refractivity contribution in [2.75, 3.05) is 33.4 Å². The topological polar surface area (TPSA) is 55.8 Å². The lowest BCUT2D eigenvalue weighted by molar-refractivity contribution is -0.141. The van der Waals surface area contributed by atoms with Crippen molar-refractivity contribution in [1.82, 2.24) is 4.90 Å². The van der Waals surface area contributed by atoms with E-state index in [1.165, 1.54) is 7.11 Å².